The van der Waals surface area contributed by atoms with Gasteiger partial charge in [-0.2, -0.15) is 10.2 Å². The summed E-state index contributed by atoms with van der Waals surface area (Å²) in [5, 5.41) is 15.5. The molecule has 174 valence electrons. The highest BCUT2D eigenvalue weighted by Crippen LogP contribution is 2.23. The van der Waals surface area contributed by atoms with Gasteiger partial charge in [-0.1, -0.05) is 31.5 Å². The van der Waals surface area contributed by atoms with E-state index in [1.165, 1.54) is 0 Å². The molecule has 8 nitrogen and oxygen atoms in total. The van der Waals surface area contributed by atoms with Crippen LogP contribution in [0.15, 0.2) is 54.6 Å². The summed E-state index contributed by atoms with van der Waals surface area (Å²) in [5.41, 5.74) is 9.66. The molecule has 2 heterocycles. The van der Waals surface area contributed by atoms with Gasteiger partial charge in [0.25, 0.3) is 0 Å². The molecule has 0 saturated carbocycles. The summed E-state index contributed by atoms with van der Waals surface area (Å²) in [6.07, 6.45) is 3.01. The molecule has 1 aliphatic heterocycles. The Balaban J connectivity index is 1.43. The van der Waals surface area contributed by atoms with Crippen molar-refractivity contribution in [3.8, 4) is 6.07 Å². The molecule has 1 fully saturated rings. The van der Waals surface area contributed by atoms with Crippen molar-refractivity contribution in [2.24, 2.45) is 0 Å². The molecule has 0 spiro atoms. The number of nitriles is 1. The summed E-state index contributed by atoms with van der Waals surface area (Å²) < 4.78 is 0. The average molecular weight is 456 g/mol. The zero-order valence-electron chi connectivity index (χ0n) is 19.3. The Labute approximate surface area is 199 Å². The van der Waals surface area contributed by atoms with Crippen LogP contribution in [0.4, 0.5) is 23.1 Å². The van der Waals surface area contributed by atoms with Gasteiger partial charge in [0.2, 0.25) is 11.9 Å². The van der Waals surface area contributed by atoms with Crippen molar-refractivity contribution in [1.82, 2.24) is 15.3 Å². The van der Waals surface area contributed by atoms with Crippen LogP contribution in [-0.4, -0.2) is 35.0 Å². The number of benzene rings is 2. The largest absolute Gasteiger partial charge is 0.399 e. The second-order valence-corrected chi connectivity index (χ2v) is 8.53. The van der Waals surface area contributed by atoms with Gasteiger partial charge in [0.05, 0.1) is 18.1 Å². The third-order valence-electron chi connectivity index (χ3n) is 5.74. The maximum absolute atomic E-state index is 12.5. The summed E-state index contributed by atoms with van der Waals surface area (Å²) in [7, 11) is 0. The summed E-state index contributed by atoms with van der Waals surface area (Å²) in [4.78, 5) is 24.1. The van der Waals surface area contributed by atoms with Gasteiger partial charge in [-0.15, -0.1) is 0 Å². The van der Waals surface area contributed by atoms with Crippen LogP contribution in [0, 0.1) is 11.3 Å². The molecule has 1 aromatic heterocycles. The average Bonchev–Trinajstić information content (AvgIpc) is 3.29. The number of hydrogen-bond acceptors (Lipinski definition) is 7. The number of anilines is 4. The Kier molecular flexibility index (Phi) is 7.23. The molecule has 0 radical (unpaired) electrons. The first-order valence-electron chi connectivity index (χ1n) is 11.6. The van der Waals surface area contributed by atoms with E-state index in [2.05, 4.69) is 33.5 Å². The van der Waals surface area contributed by atoms with Gasteiger partial charge >= 0.3 is 0 Å². The molecule has 0 aliphatic carbocycles. The van der Waals surface area contributed by atoms with E-state index >= 15 is 0 Å². The van der Waals surface area contributed by atoms with Crippen molar-refractivity contribution in [2.75, 3.05) is 29.0 Å². The normalized spacial score (nSPS) is 15.1. The third-order valence-corrected chi connectivity index (χ3v) is 5.74. The zero-order chi connectivity index (χ0) is 23.9. The van der Waals surface area contributed by atoms with Gasteiger partial charge in [-0.3, -0.25) is 4.79 Å². The molecule has 0 unspecified atom stereocenters. The van der Waals surface area contributed by atoms with Gasteiger partial charge in [0, 0.05) is 42.3 Å². The van der Waals surface area contributed by atoms with E-state index in [4.69, 9.17) is 16.0 Å². The lowest BCUT2D eigenvalue weighted by atomic mass is 10.1. The maximum Gasteiger partial charge on any atom is 0.229 e. The predicted octanol–water partition coefficient (Wildman–Crippen LogP) is 3.56. The van der Waals surface area contributed by atoms with Crippen molar-refractivity contribution >= 4 is 29.0 Å². The lowest BCUT2D eigenvalue weighted by molar-refractivity contribution is -0.121. The summed E-state index contributed by atoms with van der Waals surface area (Å²) >= 11 is 0. The topological polar surface area (TPSA) is 120 Å². The maximum atomic E-state index is 12.5. The van der Waals surface area contributed by atoms with Crippen molar-refractivity contribution in [3.63, 3.8) is 0 Å². The quantitative estimate of drug-likeness (QED) is 0.444. The molecule has 8 heteroatoms. The van der Waals surface area contributed by atoms with E-state index in [-0.39, 0.29) is 11.9 Å². The molecule has 3 aromatic rings. The van der Waals surface area contributed by atoms with Gasteiger partial charge in [0.15, 0.2) is 0 Å². The number of carbonyl (C=O) groups excluding carboxylic acids is 1. The summed E-state index contributed by atoms with van der Waals surface area (Å²) in [6.45, 7) is 3.62. The molecule has 2 aromatic carbocycles. The minimum Gasteiger partial charge on any atom is -0.399 e. The molecule has 1 amide bonds. The zero-order valence-corrected chi connectivity index (χ0v) is 19.3. The van der Waals surface area contributed by atoms with Gasteiger partial charge in [-0.05, 0) is 48.7 Å². The van der Waals surface area contributed by atoms with Crippen molar-refractivity contribution in [3.05, 3.63) is 71.4 Å². The first-order chi connectivity index (χ1) is 16.5. The number of amides is 1. The van der Waals surface area contributed by atoms with Crippen LogP contribution in [0.25, 0.3) is 0 Å². The standard InChI is InChI=1S/C26H29N7O/c1-2-4-21-15-24(32-26(30-21)31-22-6-3-5-19(13-22)16-27)33-12-11-23(17-33)29-25(34)14-18-7-9-20(28)10-8-18/h3,5-10,13,15,23H,2,4,11-12,14,17,28H2,1H3,(H,29,34)(H,30,31,32)/t23-/m0/s1. The van der Waals surface area contributed by atoms with E-state index in [0.717, 1.165) is 48.6 Å². The smallest absolute Gasteiger partial charge is 0.229 e. The number of nitrogens with one attached hydrogen (secondary N) is 2. The summed E-state index contributed by atoms with van der Waals surface area (Å²) in [5.74, 6) is 1.35. The van der Waals surface area contributed by atoms with Crippen LogP contribution < -0.4 is 21.3 Å². The highest BCUT2D eigenvalue weighted by atomic mass is 16.1. The van der Waals surface area contributed by atoms with E-state index in [1.54, 1.807) is 12.1 Å². The number of aromatic nitrogens is 2. The molecule has 1 aliphatic rings. The first-order valence-corrected chi connectivity index (χ1v) is 11.6. The molecular formula is C26H29N7O. The van der Waals surface area contributed by atoms with Crippen molar-refractivity contribution in [1.29, 1.82) is 5.26 Å². The predicted molar refractivity (Wildman–Crippen MR) is 134 cm³/mol. The first kappa shape index (κ1) is 23.1. The van der Waals surface area contributed by atoms with Gasteiger partial charge in [0.1, 0.15) is 5.82 Å². The fourth-order valence-electron chi connectivity index (χ4n) is 4.07. The van der Waals surface area contributed by atoms with Crippen LogP contribution in [0.5, 0.6) is 0 Å². The SMILES string of the molecule is CCCc1cc(N2CC[C@H](NC(=O)Cc3ccc(N)cc3)C2)nc(Nc2cccc(C#N)c2)n1. The number of rotatable bonds is 8. The molecule has 34 heavy (non-hydrogen) atoms. The summed E-state index contributed by atoms with van der Waals surface area (Å²) in [6, 6.07) is 18.9. The Bertz CT molecular complexity index is 1190. The minimum absolute atomic E-state index is 0.00529. The van der Waals surface area contributed by atoms with Crippen LogP contribution in [0.1, 0.15) is 36.6 Å². The van der Waals surface area contributed by atoms with Crippen LogP contribution >= 0.6 is 0 Å². The lowest BCUT2D eigenvalue weighted by Gasteiger charge is -2.20. The Morgan fingerprint density at radius 1 is 1.21 bits per heavy atom. The minimum atomic E-state index is 0.00529. The van der Waals surface area contributed by atoms with E-state index in [0.29, 0.717) is 30.2 Å². The number of carbonyl (C=O) groups is 1. The monoisotopic (exact) mass is 455 g/mol. The van der Waals surface area contributed by atoms with Gasteiger partial charge < -0.3 is 21.3 Å². The Hall–Kier alpha value is -4.12. The van der Waals surface area contributed by atoms with Crippen LogP contribution in [0.3, 0.4) is 0 Å². The van der Waals surface area contributed by atoms with Crippen LogP contribution in [0.2, 0.25) is 0 Å². The second-order valence-electron chi connectivity index (χ2n) is 8.53. The fraction of sp³-hybridized carbons (Fsp3) is 0.308. The molecule has 1 saturated heterocycles. The fourth-order valence-corrected chi connectivity index (χ4v) is 4.07. The Morgan fingerprint density at radius 2 is 2.03 bits per heavy atom. The molecule has 4 rings (SSSR count). The number of aryl methyl sites for hydroxylation is 1. The van der Waals surface area contributed by atoms with E-state index < -0.39 is 0 Å². The molecule has 1 atom stereocenters. The van der Waals surface area contributed by atoms with E-state index in [1.807, 2.05) is 42.5 Å². The highest BCUT2D eigenvalue weighted by molar-refractivity contribution is 5.79. The van der Waals surface area contributed by atoms with Gasteiger partial charge in [-0.25, -0.2) is 4.98 Å². The molecular weight excluding hydrogens is 426 g/mol. The number of nitrogen functional groups attached to an aromatic ring is 1. The molecule has 4 N–H and O–H groups in total. The number of nitrogens with two attached hydrogens (primary N) is 1. The second kappa shape index (κ2) is 10.7. The van der Waals surface area contributed by atoms with Crippen LogP contribution in [-0.2, 0) is 17.6 Å². The van der Waals surface area contributed by atoms with E-state index in [9.17, 15) is 4.79 Å². The number of nitrogens with zero attached hydrogens (tertiary/aromatic N) is 4. The Morgan fingerprint density at radius 3 is 2.79 bits per heavy atom. The highest BCUT2D eigenvalue weighted by Gasteiger charge is 2.25. The number of hydrogen-bond donors (Lipinski definition) is 3. The lowest BCUT2D eigenvalue weighted by Crippen LogP contribution is -2.38. The third kappa shape index (κ3) is 6.01. The van der Waals surface area contributed by atoms with Crippen molar-refractivity contribution < 1.29 is 4.79 Å². The van der Waals surface area contributed by atoms with Crippen molar-refractivity contribution in [2.45, 2.75) is 38.6 Å². The molecule has 0 bridgehead atoms.